The van der Waals surface area contributed by atoms with Crippen molar-refractivity contribution in [2.75, 3.05) is 0 Å². The second-order valence-electron chi connectivity index (χ2n) is 4.12. The van der Waals surface area contributed by atoms with E-state index in [1.54, 1.807) is 48.1 Å². The van der Waals surface area contributed by atoms with Crippen molar-refractivity contribution in [3.63, 3.8) is 0 Å². The number of carbonyl (C=O) groups is 2. The first-order chi connectivity index (χ1) is 8.97. The van der Waals surface area contributed by atoms with Crippen LogP contribution in [0.5, 0.6) is 5.75 Å². The molecule has 1 aromatic carbocycles. The predicted molar refractivity (Wildman–Crippen MR) is 74.5 cm³/mol. The van der Waals surface area contributed by atoms with Crippen LogP contribution in [0.2, 0.25) is 0 Å². The molecular weight excluding hydrogens is 310 g/mol. The Balaban J connectivity index is 2.15. The summed E-state index contributed by atoms with van der Waals surface area (Å²) in [6, 6.07) is 8.16. The molecule has 1 heterocycles. The first-order valence-electron chi connectivity index (χ1n) is 5.62. The molecule has 5 heteroatoms. The van der Waals surface area contributed by atoms with Crippen molar-refractivity contribution in [2.24, 2.45) is 7.05 Å². The Hall–Kier alpha value is -1.88. The lowest BCUT2D eigenvalue weighted by Crippen LogP contribution is -2.12. The van der Waals surface area contributed by atoms with Crippen LogP contribution >= 0.6 is 15.9 Å². The second-order valence-corrected chi connectivity index (χ2v) is 5.04. The molecule has 0 bridgehead atoms. The van der Waals surface area contributed by atoms with Crippen LogP contribution in [0.3, 0.4) is 0 Å². The lowest BCUT2D eigenvalue weighted by Gasteiger charge is -2.05. The highest BCUT2D eigenvalue weighted by atomic mass is 79.9. The van der Waals surface area contributed by atoms with Crippen LogP contribution in [0.15, 0.2) is 41.0 Å². The third kappa shape index (κ3) is 3.12. The Morgan fingerprint density at radius 2 is 1.84 bits per heavy atom. The second kappa shape index (κ2) is 5.40. The Morgan fingerprint density at radius 3 is 2.32 bits per heavy atom. The SMILES string of the molecule is CC(=O)c1ccc(OC(=O)c2cc(Br)cn2C)cc1. The van der Waals surface area contributed by atoms with Crippen molar-refractivity contribution >= 4 is 27.7 Å². The van der Waals surface area contributed by atoms with Crippen LogP contribution in [0.4, 0.5) is 0 Å². The zero-order chi connectivity index (χ0) is 14.0. The van der Waals surface area contributed by atoms with Crippen molar-refractivity contribution in [2.45, 2.75) is 6.92 Å². The molecule has 0 spiro atoms. The number of hydrogen-bond acceptors (Lipinski definition) is 3. The number of benzene rings is 1. The van der Waals surface area contributed by atoms with Gasteiger partial charge in [-0.15, -0.1) is 0 Å². The quantitative estimate of drug-likeness (QED) is 0.495. The minimum absolute atomic E-state index is 0.0239. The van der Waals surface area contributed by atoms with Crippen LogP contribution in [-0.4, -0.2) is 16.3 Å². The van der Waals surface area contributed by atoms with Crippen LogP contribution < -0.4 is 4.74 Å². The summed E-state index contributed by atoms with van der Waals surface area (Å²) in [7, 11) is 1.76. The predicted octanol–water partition coefficient (Wildman–Crippen LogP) is 3.21. The standard InChI is InChI=1S/C14H12BrNO3/c1-9(17)10-3-5-12(6-4-10)19-14(18)13-7-11(15)8-16(13)2/h3-8H,1-2H3. The highest BCUT2D eigenvalue weighted by Gasteiger charge is 2.13. The van der Waals surface area contributed by atoms with Crippen LogP contribution in [0.1, 0.15) is 27.8 Å². The summed E-state index contributed by atoms with van der Waals surface area (Å²) in [6.45, 7) is 1.49. The molecular formula is C14H12BrNO3. The van der Waals surface area contributed by atoms with Crippen molar-refractivity contribution in [3.8, 4) is 5.75 Å². The molecule has 2 aromatic rings. The molecule has 0 unspecified atom stereocenters. The van der Waals surface area contributed by atoms with Gasteiger partial charge in [0, 0.05) is 23.3 Å². The van der Waals surface area contributed by atoms with Gasteiger partial charge in [-0.25, -0.2) is 4.79 Å². The number of ether oxygens (including phenoxy) is 1. The van der Waals surface area contributed by atoms with E-state index in [-0.39, 0.29) is 5.78 Å². The molecule has 0 aliphatic rings. The lowest BCUT2D eigenvalue weighted by atomic mass is 10.1. The molecule has 0 saturated heterocycles. The zero-order valence-corrected chi connectivity index (χ0v) is 12.1. The average molecular weight is 322 g/mol. The number of ketones is 1. The lowest BCUT2D eigenvalue weighted by molar-refractivity contribution is 0.0724. The number of hydrogen-bond donors (Lipinski definition) is 0. The fourth-order valence-corrected chi connectivity index (χ4v) is 2.17. The maximum absolute atomic E-state index is 11.9. The van der Waals surface area contributed by atoms with Gasteiger partial charge in [0.1, 0.15) is 11.4 Å². The van der Waals surface area contributed by atoms with E-state index in [1.165, 1.54) is 6.92 Å². The molecule has 0 atom stereocenters. The molecule has 4 nitrogen and oxygen atoms in total. The van der Waals surface area contributed by atoms with E-state index >= 15 is 0 Å². The van der Waals surface area contributed by atoms with E-state index in [1.807, 2.05) is 0 Å². The van der Waals surface area contributed by atoms with Gasteiger partial charge in [-0.05, 0) is 53.2 Å². The fourth-order valence-electron chi connectivity index (χ4n) is 1.64. The molecule has 98 valence electrons. The highest BCUT2D eigenvalue weighted by Crippen LogP contribution is 2.17. The summed E-state index contributed by atoms with van der Waals surface area (Å²) >= 11 is 3.30. The van der Waals surface area contributed by atoms with Crippen LogP contribution in [0, 0.1) is 0 Å². The molecule has 1 aromatic heterocycles. The molecule has 0 radical (unpaired) electrons. The Labute approximate surface area is 119 Å². The van der Waals surface area contributed by atoms with Gasteiger partial charge in [0.2, 0.25) is 0 Å². The average Bonchev–Trinajstić information content (AvgIpc) is 2.69. The zero-order valence-electron chi connectivity index (χ0n) is 10.5. The fraction of sp³-hybridized carbons (Fsp3) is 0.143. The number of rotatable bonds is 3. The largest absolute Gasteiger partial charge is 0.422 e. The summed E-state index contributed by atoms with van der Waals surface area (Å²) < 4.78 is 7.73. The minimum atomic E-state index is -0.441. The van der Waals surface area contributed by atoms with Gasteiger partial charge < -0.3 is 9.30 Å². The number of halogens is 1. The van der Waals surface area contributed by atoms with Gasteiger partial charge in [0.25, 0.3) is 0 Å². The van der Waals surface area contributed by atoms with Gasteiger partial charge in [0.15, 0.2) is 5.78 Å². The van der Waals surface area contributed by atoms with E-state index in [0.29, 0.717) is 17.0 Å². The van der Waals surface area contributed by atoms with Gasteiger partial charge in [-0.3, -0.25) is 4.79 Å². The summed E-state index contributed by atoms with van der Waals surface area (Å²) in [5.41, 5.74) is 1.03. The summed E-state index contributed by atoms with van der Waals surface area (Å²) in [5, 5.41) is 0. The number of carbonyl (C=O) groups excluding carboxylic acids is 2. The molecule has 0 aliphatic heterocycles. The van der Waals surface area contributed by atoms with Gasteiger partial charge in [-0.1, -0.05) is 0 Å². The number of aryl methyl sites for hydroxylation is 1. The Bertz CT molecular complexity index is 629. The number of esters is 1. The Kier molecular flexibility index (Phi) is 3.85. The number of Topliss-reactive ketones (excluding diaryl/α,β-unsaturated/α-hetero) is 1. The van der Waals surface area contributed by atoms with E-state index < -0.39 is 5.97 Å². The molecule has 19 heavy (non-hydrogen) atoms. The van der Waals surface area contributed by atoms with Crippen molar-refractivity contribution < 1.29 is 14.3 Å². The highest BCUT2D eigenvalue weighted by molar-refractivity contribution is 9.10. The van der Waals surface area contributed by atoms with E-state index in [2.05, 4.69) is 15.9 Å². The Morgan fingerprint density at radius 1 is 1.21 bits per heavy atom. The van der Waals surface area contributed by atoms with E-state index in [4.69, 9.17) is 4.74 Å². The van der Waals surface area contributed by atoms with Gasteiger partial charge in [-0.2, -0.15) is 0 Å². The van der Waals surface area contributed by atoms with Crippen molar-refractivity contribution in [1.29, 1.82) is 0 Å². The first-order valence-corrected chi connectivity index (χ1v) is 6.41. The van der Waals surface area contributed by atoms with Gasteiger partial charge in [0.05, 0.1) is 0 Å². The minimum Gasteiger partial charge on any atom is -0.422 e. The number of nitrogens with zero attached hydrogens (tertiary/aromatic N) is 1. The third-order valence-corrected chi connectivity index (χ3v) is 3.09. The monoisotopic (exact) mass is 321 g/mol. The topological polar surface area (TPSA) is 48.3 Å². The molecule has 0 amide bonds. The summed E-state index contributed by atoms with van der Waals surface area (Å²) in [5.74, 6) is -0.0552. The van der Waals surface area contributed by atoms with Crippen LogP contribution in [0.25, 0.3) is 0 Å². The maximum atomic E-state index is 11.9. The number of aromatic nitrogens is 1. The van der Waals surface area contributed by atoms with Crippen molar-refractivity contribution in [1.82, 2.24) is 4.57 Å². The molecule has 0 N–H and O–H groups in total. The smallest absolute Gasteiger partial charge is 0.360 e. The molecule has 0 fully saturated rings. The van der Waals surface area contributed by atoms with Crippen molar-refractivity contribution in [3.05, 3.63) is 52.3 Å². The molecule has 0 aliphatic carbocycles. The van der Waals surface area contributed by atoms with E-state index in [0.717, 1.165) is 4.47 Å². The molecule has 0 saturated carbocycles. The maximum Gasteiger partial charge on any atom is 0.360 e. The third-order valence-electron chi connectivity index (χ3n) is 2.65. The first kappa shape index (κ1) is 13.5. The van der Waals surface area contributed by atoms with Gasteiger partial charge >= 0.3 is 5.97 Å². The van der Waals surface area contributed by atoms with E-state index in [9.17, 15) is 9.59 Å². The molecule has 2 rings (SSSR count). The normalized spacial score (nSPS) is 10.3. The summed E-state index contributed by atoms with van der Waals surface area (Å²) in [4.78, 5) is 23.1. The van der Waals surface area contributed by atoms with Crippen LogP contribution in [-0.2, 0) is 7.05 Å². The summed E-state index contributed by atoms with van der Waals surface area (Å²) in [6.07, 6.45) is 1.77.